The predicted molar refractivity (Wildman–Crippen MR) is 51.9 cm³/mol. The quantitative estimate of drug-likeness (QED) is 0.639. The topological polar surface area (TPSA) is 29.1 Å². The highest BCUT2D eigenvalue weighted by molar-refractivity contribution is 5.87. The monoisotopic (exact) mass is 169 g/mol. The molecule has 0 fully saturated rings. The summed E-state index contributed by atoms with van der Waals surface area (Å²) < 4.78 is 0. The molecule has 0 amide bonds. The number of ketones is 1. The number of hydrogen-bond donors (Lipinski definition) is 1. The molecule has 0 saturated heterocycles. The minimum Gasteiger partial charge on any atom is -0.388 e. The molecule has 0 radical (unpaired) electrons. The van der Waals surface area contributed by atoms with Crippen molar-refractivity contribution in [2.24, 2.45) is 5.92 Å². The average Bonchev–Trinajstić information content (AvgIpc) is 1.97. The summed E-state index contributed by atoms with van der Waals surface area (Å²) in [6, 6.07) is 0. The van der Waals surface area contributed by atoms with Crippen LogP contribution in [0.1, 0.15) is 34.1 Å². The van der Waals surface area contributed by atoms with Gasteiger partial charge in [-0.3, -0.25) is 4.79 Å². The summed E-state index contributed by atoms with van der Waals surface area (Å²) in [6.45, 7) is 8.85. The largest absolute Gasteiger partial charge is 0.388 e. The fraction of sp³-hybridized carbons (Fsp3) is 0.700. The molecule has 0 spiro atoms. The first-order chi connectivity index (χ1) is 5.56. The van der Waals surface area contributed by atoms with Crippen LogP contribution in [-0.2, 0) is 4.79 Å². The second-order valence-electron chi connectivity index (χ2n) is 3.41. The maximum Gasteiger partial charge on any atom is 0.154 e. The van der Waals surface area contributed by atoms with Crippen LogP contribution in [0, 0.1) is 5.92 Å². The van der Waals surface area contributed by atoms with Crippen LogP contribution in [-0.4, -0.2) is 12.3 Å². The molecular weight excluding hydrogens is 150 g/mol. The lowest BCUT2D eigenvalue weighted by Crippen LogP contribution is -2.19. The smallest absolute Gasteiger partial charge is 0.154 e. The summed E-state index contributed by atoms with van der Waals surface area (Å²) in [5, 5.41) is 3.24. The van der Waals surface area contributed by atoms with E-state index in [1.54, 1.807) is 13.0 Å². The zero-order chi connectivity index (χ0) is 9.56. The van der Waals surface area contributed by atoms with Crippen LogP contribution in [0.15, 0.2) is 11.8 Å². The summed E-state index contributed by atoms with van der Waals surface area (Å²) >= 11 is 0. The second-order valence-corrected chi connectivity index (χ2v) is 3.41. The molecule has 0 bridgehead atoms. The van der Waals surface area contributed by atoms with E-state index in [1.807, 2.05) is 6.92 Å². The third-order valence-corrected chi connectivity index (χ3v) is 1.50. The molecular formula is C10H19NO. The average molecular weight is 169 g/mol. The Morgan fingerprint density at radius 3 is 2.42 bits per heavy atom. The fourth-order valence-corrected chi connectivity index (χ4v) is 0.859. The van der Waals surface area contributed by atoms with E-state index in [0.29, 0.717) is 5.92 Å². The van der Waals surface area contributed by atoms with Gasteiger partial charge in [-0.1, -0.05) is 20.8 Å². The van der Waals surface area contributed by atoms with E-state index in [-0.39, 0.29) is 5.78 Å². The Hall–Kier alpha value is -0.790. The number of nitrogens with one attached hydrogen (secondary N) is 1. The van der Waals surface area contributed by atoms with Crippen molar-refractivity contribution in [1.29, 1.82) is 0 Å². The van der Waals surface area contributed by atoms with E-state index in [1.165, 1.54) is 0 Å². The first kappa shape index (κ1) is 11.2. The van der Waals surface area contributed by atoms with Gasteiger partial charge in [-0.15, -0.1) is 0 Å². The van der Waals surface area contributed by atoms with Gasteiger partial charge < -0.3 is 5.32 Å². The Labute approximate surface area is 75.0 Å². The van der Waals surface area contributed by atoms with Crippen molar-refractivity contribution in [1.82, 2.24) is 5.32 Å². The molecule has 0 unspecified atom stereocenters. The summed E-state index contributed by atoms with van der Waals surface area (Å²) in [5.74, 6) is 0.731. The van der Waals surface area contributed by atoms with Crippen LogP contribution in [0.3, 0.4) is 0 Å². The zero-order valence-electron chi connectivity index (χ0n) is 8.48. The normalized spacial score (nSPS) is 11.9. The molecule has 0 atom stereocenters. The number of carbonyl (C=O) groups is 1. The van der Waals surface area contributed by atoms with Crippen molar-refractivity contribution in [2.45, 2.75) is 34.1 Å². The van der Waals surface area contributed by atoms with Crippen LogP contribution in [0.4, 0.5) is 0 Å². The molecule has 2 nitrogen and oxygen atoms in total. The molecule has 0 heterocycles. The Balaban J connectivity index is 3.91. The van der Waals surface area contributed by atoms with Crippen molar-refractivity contribution < 1.29 is 4.79 Å². The molecule has 12 heavy (non-hydrogen) atoms. The Morgan fingerprint density at radius 2 is 2.08 bits per heavy atom. The van der Waals surface area contributed by atoms with Crippen molar-refractivity contribution >= 4 is 5.78 Å². The van der Waals surface area contributed by atoms with Gasteiger partial charge in [0.05, 0.1) is 0 Å². The molecule has 2 heteroatoms. The van der Waals surface area contributed by atoms with Crippen molar-refractivity contribution in [3.8, 4) is 0 Å². The lowest BCUT2D eigenvalue weighted by Gasteiger charge is -2.10. The van der Waals surface area contributed by atoms with Gasteiger partial charge in [-0.2, -0.15) is 0 Å². The van der Waals surface area contributed by atoms with Gasteiger partial charge in [0.1, 0.15) is 0 Å². The number of rotatable bonds is 5. The van der Waals surface area contributed by atoms with Crippen LogP contribution in [0.5, 0.6) is 0 Å². The summed E-state index contributed by atoms with van der Waals surface area (Å²) in [4.78, 5) is 10.7. The van der Waals surface area contributed by atoms with Crippen molar-refractivity contribution in [3.05, 3.63) is 11.8 Å². The van der Waals surface area contributed by atoms with Crippen LogP contribution in [0.25, 0.3) is 0 Å². The van der Waals surface area contributed by atoms with Gasteiger partial charge >= 0.3 is 0 Å². The maximum absolute atomic E-state index is 10.7. The van der Waals surface area contributed by atoms with Gasteiger partial charge in [0.15, 0.2) is 5.78 Å². The SMILES string of the molecule is CC/C(=C/C(C)=O)NCC(C)C. The van der Waals surface area contributed by atoms with Gasteiger partial charge in [-0.25, -0.2) is 0 Å². The molecule has 0 rings (SSSR count). The Bertz CT molecular complexity index is 171. The number of allylic oxidation sites excluding steroid dienone is 2. The Morgan fingerprint density at radius 1 is 1.50 bits per heavy atom. The number of carbonyl (C=O) groups excluding carboxylic acids is 1. The minimum atomic E-state index is 0.114. The lowest BCUT2D eigenvalue weighted by molar-refractivity contribution is -0.112. The third kappa shape index (κ3) is 5.96. The second kappa shape index (κ2) is 5.81. The van der Waals surface area contributed by atoms with Gasteiger partial charge in [0.25, 0.3) is 0 Å². The van der Waals surface area contributed by atoms with Gasteiger partial charge in [-0.05, 0) is 25.3 Å². The molecule has 0 aromatic rings. The van der Waals surface area contributed by atoms with E-state index >= 15 is 0 Å². The molecule has 0 aromatic carbocycles. The molecule has 70 valence electrons. The van der Waals surface area contributed by atoms with E-state index in [2.05, 4.69) is 19.2 Å². The first-order valence-electron chi connectivity index (χ1n) is 4.51. The van der Waals surface area contributed by atoms with Gasteiger partial charge in [0.2, 0.25) is 0 Å². The number of hydrogen-bond acceptors (Lipinski definition) is 2. The highest BCUT2D eigenvalue weighted by Gasteiger charge is 1.97. The summed E-state index contributed by atoms with van der Waals surface area (Å²) in [6.07, 6.45) is 2.56. The highest BCUT2D eigenvalue weighted by Crippen LogP contribution is 1.98. The van der Waals surface area contributed by atoms with Crippen molar-refractivity contribution in [3.63, 3.8) is 0 Å². The van der Waals surface area contributed by atoms with Crippen molar-refractivity contribution in [2.75, 3.05) is 6.54 Å². The molecule has 0 saturated carbocycles. The summed E-state index contributed by atoms with van der Waals surface area (Å²) in [5.41, 5.74) is 1.04. The maximum atomic E-state index is 10.7. The predicted octanol–water partition coefficient (Wildman–Crippen LogP) is 2.11. The molecule has 1 N–H and O–H groups in total. The van der Waals surface area contributed by atoms with E-state index < -0.39 is 0 Å². The van der Waals surface area contributed by atoms with E-state index in [4.69, 9.17) is 0 Å². The standard InChI is InChI=1S/C10H19NO/c1-5-10(6-9(4)12)11-7-8(2)3/h6,8,11H,5,7H2,1-4H3/b10-6-. The fourth-order valence-electron chi connectivity index (χ4n) is 0.859. The van der Waals surface area contributed by atoms with Crippen LogP contribution < -0.4 is 5.32 Å². The highest BCUT2D eigenvalue weighted by atomic mass is 16.1. The summed E-state index contributed by atoms with van der Waals surface area (Å²) in [7, 11) is 0. The molecule has 0 aliphatic heterocycles. The Kier molecular flexibility index (Phi) is 5.43. The zero-order valence-corrected chi connectivity index (χ0v) is 8.48. The van der Waals surface area contributed by atoms with E-state index in [9.17, 15) is 4.79 Å². The minimum absolute atomic E-state index is 0.114. The van der Waals surface area contributed by atoms with Gasteiger partial charge in [0, 0.05) is 12.2 Å². The molecule has 0 aliphatic rings. The first-order valence-corrected chi connectivity index (χ1v) is 4.51. The van der Waals surface area contributed by atoms with E-state index in [0.717, 1.165) is 18.7 Å². The third-order valence-electron chi connectivity index (χ3n) is 1.50. The molecule has 0 aromatic heterocycles. The van der Waals surface area contributed by atoms with Crippen LogP contribution >= 0.6 is 0 Å². The van der Waals surface area contributed by atoms with Crippen LogP contribution in [0.2, 0.25) is 0 Å². The lowest BCUT2D eigenvalue weighted by atomic mass is 10.2. The molecule has 0 aliphatic carbocycles.